The van der Waals surface area contributed by atoms with Gasteiger partial charge in [-0.1, -0.05) is 11.6 Å². The highest BCUT2D eigenvalue weighted by atomic mass is 35.5. The van der Waals surface area contributed by atoms with Crippen molar-refractivity contribution in [1.82, 2.24) is 4.98 Å². The summed E-state index contributed by atoms with van der Waals surface area (Å²) in [5.74, 6) is 0. The molecule has 13 heavy (non-hydrogen) atoms. The van der Waals surface area contributed by atoms with E-state index in [1.54, 1.807) is 12.4 Å². The zero-order valence-corrected chi connectivity index (χ0v) is 8.59. The molecule has 1 fully saturated rings. The molecule has 0 spiro atoms. The molecule has 2 heterocycles. The molecular formula is C9H10Cl2N2. The zero-order valence-electron chi connectivity index (χ0n) is 7.08. The van der Waals surface area contributed by atoms with E-state index in [4.69, 9.17) is 23.2 Å². The number of alkyl halides is 1. The maximum atomic E-state index is 6.01. The largest absolute Gasteiger partial charge is 0.369 e. The van der Waals surface area contributed by atoms with Crippen molar-refractivity contribution in [3.8, 4) is 0 Å². The summed E-state index contributed by atoms with van der Waals surface area (Å²) in [6, 6.07) is 1.93. The smallest absolute Gasteiger partial charge is 0.0822 e. The summed E-state index contributed by atoms with van der Waals surface area (Å²) < 4.78 is 0. The average molecular weight is 217 g/mol. The SMILES string of the molecule is Clc1cnccc1N1CCC(Cl)C1. The van der Waals surface area contributed by atoms with Gasteiger partial charge < -0.3 is 4.90 Å². The van der Waals surface area contributed by atoms with Crippen LogP contribution in [-0.4, -0.2) is 23.5 Å². The molecule has 1 atom stereocenters. The molecule has 70 valence electrons. The van der Waals surface area contributed by atoms with Crippen LogP contribution in [-0.2, 0) is 0 Å². The standard InChI is InChI=1S/C9H10Cl2N2/c10-7-2-4-13(6-7)9-1-3-12-5-8(9)11/h1,3,5,7H,2,4,6H2. The lowest BCUT2D eigenvalue weighted by Gasteiger charge is -2.18. The van der Waals surface area contributed by atoms with Crippen LogP contribution in [0.2, 0.25) is 5.02 Å². The second-order valence-electron chi connectivity index (χ2n) is 3.16. The zero-order chi connectivity index (χ0) is 9.26. The first-order valence-electron chi connectivity index (χ1n) is 4.26. The molecule has 4 heteroatoms. The number of aromatic nitrogens is 1. The lowest BCUT2D eigenvalue weighted by Crippen LogP contribution is -2.19. The summed E-state index contributed by atoms with van der Waals surface area (Å²) in [6.45, 7) is 1.86. The van der Waals surface area contributed by atoms with Gasteiger partial charge in [0, 0.05) is 25.5 Å². The number of halogens is 2. The fraction of sp³-hybridized carbons (Fsp3) is 0.444. The number of nitrogens with zero attached hydrogens (tertiary/aromatic N) is 2. The minimum absolute atomic E-state index is 0.254. The third kappa shape index (κ3) is 1.89. The van der Waals surface area contributed by atoms with Crippen LogP contribution in [0.5, 0.6) is 0 Å². The van der Waals surface area contributed by atoms with Crippen LogP contribution in [0.4, 0.5) is 5.69 Å². The number of hydrogen-bond acceptors (Lipinski definition) is 2. The van der Waals surface area contributed by atoms with Gasteiger partial charge in [0.15, 0.2) is 0 Å². The number of hydrogen-bond donors (Lipinski definition) is 0. The predicted molar refractivity (Wildman–Crippen MR) is 55.7 cm³/mol. The van der Waals surface area contributed by atoms with Crippen molar-refractivity contribution in [3.63, 3.8) is 0 Å². The monoisotopic (exact) mass is 216 g/mol. The van der Waals surface area contributed by atoms with Crippen molar-refractivity contribution >= 4 is 28.9 Å². The Morgan fingerprint density at radius 3 is 3.00 bits per heavy atom. The minimum Gasteiger partial charge on any atom is -0.369 e. The highest BCUT2D eigenvalue weighted by molar-refractivity contribution is 6.33. The third-order valence-electron chi connectivity index (χ3n) is 2.22. The van der Waals surface area contributed by atoms with Crippen LogP contribution in [0.3, 0.4) is 0 Å². The summed E-state index contributed by atoms with van der Waals surface area (Å²) in [5.41, 5.74) is 1.04. The third-order valence-corrected chi connectivity index (χ3v) is 2.87. The van der Waals surface area contributed by atoms with Crippen LogP contribution in [0.1, 0.15) is 6.42 Å². The molecule has 1 aromatic heterocycles. The van der Waals surface area contributed by atoms with E-state index in [0.29, 0.717) is 5.02 Å². The minimum atomic E-state index is 0.254. The molecule has 2 nitrogen and oxygen atoms in total. The van der Waals surface area contributed by atoms with Gasteiger partial charge in [-0.3, -0.25) is 4.98 Å². The predicted octanol–water partition coefficient (Wildman–Crippen LogP) is 2.55. The Morgan fingerprint density at radius 2 is 2.38 bits per heavy atom. The van der Waals surface area contributed by atoms with Gasteiger partial charge in [0.1, 0.15) is 0 Å². The molecule has 0 aromatic carbocycles. The van der Waals surface area contributed by atoms with Crippen LogP contribution in [0, 0.1) is 0 Å². The second kappa shape index (κ2) is 3.72. The van der Waals surface area contributed by atoms with E-state index in [0.717, 1.165) is 25.2 Å². The van der Waals surface area contributed by atoms with Gasteiger partial charge in [0.05, 0.1) is 16.1 Å². The van der Waals surface area contributed by atoms with Crippen LogP contribution in [0.15, 0.2) is 18.5 Å². The van der Waals surface area contributed by atoms with Crippen LogP contribution >= 0.6 is 23.2 Å². The highest BCUT2D eigenvalue weighted by Gasteiger charge is 2.21. The first-order chi connectivity index (χ1) is 6.27. The summed E-state index contributed by atoms with van der Waals surface area (Å²) in [7, 11) is 0. The molecule has 0 aliphatic carbocycles. The topological polar surface area (TPSA) is 16.1 Å². The Hall–Kier alpha value is -0.470. The van der Waals surface area contributed by atoms with Crippen molar-refractivity contribution < 1.29 is 0 Å². The van der Waals surface area contributed by atoms with E-state index in [1.165, 1.54) is 0 Å². The van der Waals surface area contributed by atoms with E-state index in [2.05, 4.69) is 9.88 Å². The summed E-state index contributed by atoms with van der Waals surface area (Å²) in [6.07, 6.45) is 4.45. The molecule has 0 radical (unpaired) electrons. The van der Waals surface area contributed by atoms with E-state index in [-0.39, 0.29) is 5.38 Å². The first kappa shape index (κ1) is 9.10. The highest BCUT2D eigenvalue weighted by Crippen LogP contribution is 2.28. The van der Waals surface area contributed by atoms with E-state index < -0.39 is 0 Å². The summed E-state index contributed by atoms with van der Waals surface area (Å²) in [4.78, 5) is 6.14. The van der Waals surface area contributed by atoms with Gasteiger partial charge in [-0.2, -0.15) is 0 Å². The van der Waals surface area contributed by atoms with Gasteiger partial charge in [-0.25, -0.2) is 0 Å². The molecule has 0 amide bonds. The van der Waals surface area contributed by atoms with Gasteiger partial charge in [0.25, 0.3) is 0 Å². The van der Waals surface area contributed by atoms with Crippen LogP contribution in [0.25, 0.3) is 0 Å². The summed E-state index contributed by atoms with van der Waals surface area (Å²) in [5, 5.41) is 0.956. The van der Waals surface area contributed by atoms with Crippen LogP contribution < -0.4 is 4.90 Å². The van der Waals surface area contributed by atoms with Gasteiger partial charge in [-0.05, 0) is 12.5 Å². The maximum Gasteiger partial charge on any atom is 0.0822 e. The van der Waals surface area contributed by atoms with Gasteiger partial charge in [-0.15, -0.1) is 11.6 Å². The molecule has 0 saturated carbocycles. The van der Waals surface area contributed by atoms with Crippen molar-refractivity contribution in [2.45, 2.75) is 11.8 Å². The Kier molecular flexibility index (Phi) is 2.61. The normalized spacial score (nSPS) is 22.3. The average Bonchev–Trinajstić information content (AvgIpc) is 2.53. The van der Waals surface area contributed by atoms with Crippen molar-refractivity contribution in [2.75, 3.05) is 18.0 Å². The molecule has 2 rings (SSSR count). The fourth-order valence-electron chi connectivity index (χ4n) is 1.56. The Morgan fingerprint density at radius 1 is 1.54 bits per heavy atom. The molecule has 0 N–H and O–H groups in total. The molecule has 1 saturated heterocycles. The number of rotatable bonds is 1. The molecule has 1 unspecified atom stereocenters. The molecule has 0 bridgehead atoms. The Balaban J connectivity index is 2.21. The quantitative estimate of drug-likeness (QED) is 0.672. The van der Waals surface area contributed by atoms with E-state index in [9.17, 15) is 0 Å². The summed E-state index contributed by atoms with van der Waals surface area (Å²) >= 11 is 12.0. The Bertz CT molecular complexity index is 303. The van der Waals surface area contributed by atoms with E-state index in [1.807, 2.05) is 6.07 Å². The van der Waals surface area contributed by atoms with E-state index >= 15 is 0 Å². The van der Waals surface area contributed by atoms with Crippen molar-refractivity contribution in [1.29, 1.82) is 0 Å². The first-order valence-corrected chi connectivity index (χ1v) is 5.07. The molecule has 1 aliphatic rings. The lowest BCUT2D eigenvalue weighted by molar-refractivity contribution is 0.958. The number of anilines is 1. The molecule has 1 aromatic rings. The molecular weight excluding hydrogens is 207 g/mol. The number of pyridine rings is 1. The second-order valence-corrected chi connectivity index (χ2v) is 4.18. The van der Waals surface area contributed by atoms with Crippen molar-refractivity contribution in [3.05, 3.63) is 23.5 Å². The Labute approximate surface area is 87.5 Å². The fourth-order valence-corrected chi connectivity index (χ4v) is 2.06. The maximum absolute atomic E-state index is 6.01. The van der Waals surface area contributed by atoms with Gasteiger partial charge >= 0.3 is 0 Å². The van der Waals surface area contributed by atoms with Crippen molar-refractivity contribution in [2.24, 2.45) is 0 Å². The molecule has 1 aliphatic heterocycles. The lowest BCUT2D eigenvalue weighted by atomic mass is 10.4. The van der Waals surface area contributed by atoms with Gasteiger partial charge in [0.2, 0.25) is 0 Å².